The van der Waals surface area contributed by atoms with Gasteiger partial charge in [0.15, 0.2) is 6.10 Å². The van der Waals surface area contributed by atoms with Gasteiger partial charge in [0, 0.05) is 12.7 Å². The van der Waals surface area contributed by atoms with Crippen LogP contribution in [0.1, 0.15) is 5.56 Å². The molecule has 0 amide bonds. The van der Waals surface area contributed by atoms with Crippen molar-refractivity contribution < 1.29 is 27.4 Å². The maximum atomic E-state index is 13.6. The average Bonchev–Trinajstić information content (AvgIpc) is 2.52. The van der Waals surface area contributed by atoms with Gasteiger partial charge in [0.05, 0.1) is 0 Å². The summed E-state index contributed by atoms with van der Waals surface area (Å²) < 4.78 is 50.1. The molecule has 0 aliphatic rings. The second-order valence-corrected chi connectivity index (χ2v) is 4.22. The number of methoxy groups -OCH3 is 1. The predicted octanol–water partition coefficient (Wildman–Crippen LogP) is 2.83. The highest BCUT2D eigenvalue weighted by atomic mass is 19.4. The number of hydrogen-bond donors (Lipinski definition) is 0. The van der Waals surface area contributed by atoms with Gasteiger partial charge < -0.3 is 9.47 Å². The Morgan fingerprint density at radius 1 is 1.35 bits per heavy atom. The van der Waals surface area contributed by atoms with E-state index in [1.807, 2.05) is 5.92 Å². The van der Waals surface area contributed by atoms with Gasteiger partial charge in [-0.15, -0.1) is 6.42 Å². The van der Waals surface area contributed by atoms with Crippen LogP contribution in [0.3, 0.4) is 0 Å². The maximum Gasteiger partial charge on any atom is 0.432 e. The first-order valence-electron chi connectivity index (χ1n) is 6.30. The lowest BCUT2D eigenvalue weighted by Crippen LogP contribution is -2.52. The molecule has 0 bridgehead atoms. The fourth-order valence-electron chi connectivity index (χ4n) is 1.83. The van der Waals surface area contributed by atoms with Crippen molar-refractivity contribution in [2.45, 2.75) is 17.9 Å². The summed E-state index contributed by atoms with van der Waals surface area (Å²) in [6.45, 7) is 3.34. The Labute approximate surface area is 132 Å². The first-order chi connectivity index (χ1) is 10.8. The molecule has 6 heteroatoms. The van der Waals surface area contributed by atoms with Crippen LogP contribution in [-0.2, 0) is 19.9 Å². The number of alkyl halides is 3. The van der Waals surface area contributed by atoms with Crippen molar-refractivity contribution in [3.8, 4) is 24.2 Å². The molecule has 0 aromatic heterocycles. The van der Waals surface area contributed by atoms with Crippen LogP contribution in [0.25, 0.3) is 0 Å². The molecule has 0 fully saturated rings. The highest BCUT2D eigenvalue weighted by Crippen LogP contribution is 2.43. The summed E-state index contributed by atoms with van der Waals surface area (Å²) in [7, 11) is 0.776. The highest BCUT2D eigenvalue weighted by molar-refractivity contribution is 5.83. The molecule has 0 aliphatic heterocycles. The van der Waals surface area contributed by atoms with Crippen LogP contribution < -0.4 is 0 Å². The van der Waals surface area contributed by atoms with Crippen molar-refractivity contribution in [3.63, 3.8) is 0 Å². The Bertz CT molecular complexity index is 662. The first kappa shape index (κ1) is 18.3. The summed E-state index contributed by atoms with van der Waals surface area (Å²) in [5, 5.41) is 0. The van der Waals surface area contributed by atoms with Gasteiger partial charge in [0.1, 0.15) is 0 Å². The fraction of sp³-hybridized carbons (Fsp3) is 0.235. The first-order valence-corrected chi connectivity index (χ1v) is 6.30. The number of terminal acetylenes is 1. The number of hydrogen-bond acceptors (Lipinski definition) is 3. The van der Waals surface area contributed by atoms with Crippen LogP contribution >= 0.6 is 0 Å². The van der Waals surface area contributed by atoms with E-state index in [0.29, 0.717) is 0 Å². The molecule has 2 atom stereocenters. The molecule has 0 heterocycles. The summed E-state index contributed by atoms with van der Waals surface area (Å²) in [5.41, 5.74) is -3.68. The molecule has 1 aromatic carbocycles. The minimum atomic E-state index is -5.05. The standard InChI is InChI=1S/C17H13F3O3/c1-4-6-12-14(5-2)23-15(21)16(22-3,17(18,19)20)13-10-8-7-9-11-13/h1,5,7-11,14H,2H2,3H3/t14-,16+/m1/s1. The second kappa shape index (κ2) is 7.53. The van der Waals surface area contributed by atoms with Crippen molar-refractivity contribution >= 4 is 5.97 Å². The van der Waals surface area contributed by atoms with Gasteiger partial charge in [0.2, 0.25) is 0 Å². The number of esters is 1. The topological polar surface area (TPSA) is 35.5 Å². The van der Waals surface area contributed by atoms with Crippen LogP contribution in [0.4, 0.5) is 13.2 Å². The molecule has 23 heavy (non-hydrogen) atoms. The lowest BCUT2D eigenvalue weighted by Gasteiger charge is -2.32. The Morgan fingerprint density at radius 2 is 1.96 bits per heavy atom. The predicted molar refractivity (Wildman–Crippen MR) is 77.9 cm³/mol. The summed E-state index contributed by atoms with van der Waals surface area (Å²) in [5.74, 6) is 4.75. The fourth-order valence-corrected chi connectivity index (χ4v) is 1.83. The van der Waals surface area contributed by atoms with Gasteiger partial charge >= 0.3 is 12.1 Å². The molecule has 1 rings (SSSR count). The van der Waals surface area contributed by atoms with E-state index in [-0.39, 0.29) is 0 Å². The van der Waals surface area contributed by atoms with E-state index < -0.39 is 29.4 Å². The van der Waals surface area contributed by atoms with Gasteiger partial charge in [-0.3, -0.25) is 0 Å². The minimum absolute atomic E-state index is 0.410. The molecule has 1 aromatic rings. The molecule has 0 unspecified atom stereocenters. The molecule has 0 radical (unpaired) electrons. The van der Waals surface area contributed by atoms with E-state index in [4.69, 9.17) is 11.2 Å². The van der Waals surface area contributed by atoms with Gasteiger partial charge in [-0.25, -0.2) is 4.79 Å². The molecule has 0 saturated carbocycles. The van der Waals surface area contributed by atoms with Gasteiger partial charge in [-0.05, 0) is 23.8 Å². The Balaban J connectivity index is 3.34. The smallest absolute Gasteiger partial charge is 0.432 e. The lowest BCUT2D eigenvalue weighted by molar-refractivity contribution is -0.276. The van der Waals surface area contributed by atoms with E-state index >= 15 is 0 Å². The molecule has 120 valence electrons. The molecule has 0 saturated heterocycles. The van der Waals surface area contributed by atoms with Crippen molar-refractivity contribution in [2.75, 3.05) is 7.11 Å². The largest absolute Gasteiger partial charge is 0.442 e. The molecule has 3 nitrogen and oxygen atoms in total. The third-order valence-corrected chi connectivity index (χ3v) is 2.91. The SMILES string of the molecule is C#CC#C[C@@H](C=C)OC(=O)[C@@](OC)(c1ccccc1)C(F)(F)F. The summed E-state index contributed by atoms with van der Waals surface area (Å²) >= 11 is 0. The van der Waals surface area contributed by atoms with Gasteiger partial charge in [0.25, 0.3) is 5.60 Å². The van der Waals surface area contributed by atoms with Crippen LogP contribution in [0.15, 0.2) is 43.0 Å². The van der Waals surface area contributed by atoms with E-state index in [1.165, 1.54) is 18.2 Å². The summed E-state index contributed by atoms with van der Waals surface area (Å²) in [6, 6.07) is 6.45. The molecular weight excluding hydrogens is 309 g/mol. The van der Waals surface area contributed by atoms with Crippen LogP contribution in [-0.4, -0.2) is 25.4 Å². The molecule has 0 aliphatic carbocycles. The molecular formula is C17H13F3O3. The van der Waals surface area contributed by atoms with Crippen LogP contribution in [0.2, 0.25) is 0 Å². The Kier molecular flexibility index (Phi) is 6.01. The van der Waals surface area contributed by atoms with Crippen molar-refractivity contribution in [1.82, 2.24) is 0 Å². The number of ether oxygens (including phenoxy) is 2. The Morgan fingerprint density at radius 3 is 2.39 bits per heavy atom. The van der Waals surface area contributed by atoms with E-state index in [1.54, 1.807) is 0 Å². The zero-order valence-corrected chi connectivity index (χ0v) is 12.2. The molecule has 0 spiro atoms. The summed E-state index contributed by atoms with van der Waals surface area (Å²) in [4.78, 5) is 12.2. The number of rotatable bonds is 5. The van der Waals surface area contributed by atoms with Gasteiger partial charge in [-0.1, -0.05) is 36.9 Å². The Hall–Kier alpha value is -2.70. The van der Waals surface area contributed by atoms with E-state index in [9.17, 15) is 18.0 Å². The lowest BCUT2D eigenvalue weighted by atomic mass is 9.92. The van der Waals surface area contributed by atoms with Crippen LogP contribution in [0, 0.1) is 24.2 Å². The second-order valence-electron chi connectivity index (χ2n) is 4.22. The summed E-state index contributed by atoms with van der Waals surface area (Å²) in [6.07, 6.45) is -0.352. The van der Waals surface area contributed by atoms with Crippen molar-refractivity contribution in [1.29, 1.82) is 0 Å². The molecule has 0 N–H and O–H groups in total. The highest BCUT2D eigenvalue weighted by Gasteiger charge is 2.64. The number of carbonyl (C=O) groups excluding carboxylic acids is 1. The number of benzene rings is 1. The zero-order chi connectivity index (χ0) is 17.5. The van der Waals surface area contributed by atoms with Gasteiger partial charge in [-0.2, -0.15) is 13.2 Å². The maximum absolute atomic E-state index is 13.6. The normalized spacial score (nSPS) is 14.4. The quantitative estimate of drug-likeness (QED) is 0.475. The monoisotopic (exact) mass is 322 g/mol. The van der Waals surface area contributed by atoms with Crippen LogP contribution in [0.5, 0.6) is 0 Å². The third-order valence-electron chi connectivity index (χ3n) is 2.91. The average molecular weight is 322 g/mol. The van der Waals surface area contributed by atoms with E-state index in [2.05, 4.69) is 23.2 Å². The zero-order valence-electron chi connectivity index (χ0n) is 12.2. The number of carbonyl (C=O) groups is 1. The number of halogens is 3. The minimum Gasteiger partial charge on any atom is -0.442 e. The third kappa shape index (κ3) is 3.74. The van der Waals surface area contributed by atoms with E-state index in [0.717, 1.165) is 25.3 Å². The van der Waals surface area contributed by atoms with Crippen molar-refractivity contribution in [3.05, 3.63) is 48.6 Å². The van der Waals surface area contributed by atoms with Crippen molar-refractivity contribution in [2.24, 2.45) is 0 Å².